The second-order valence-electron chi connectivity index (χ2n) is 5.69. The number of allylic oxidation sites excluding steroid dienone is 1. The average Bonchev–Trinajstić information content (AvgIpc) is 2.80. The lowest BCUT2D eigenvalue weighted by atomic mass is 9.97. The van der Waals surface area contributed by atoms with Gasteiger partial charge < -0.3 is 0 Å². The predicted molar refractivity (Wildman–Crippen MR) is 83.9 cm³/mol. The molecule has 0 fully saturated rings. The van der Waals surface area contributed by atoms with Crippen molar-refractivity contribution in [2.45, 2.75) is 27.2 Å². The fourth-order valence-electron chi connectivity index (χ4n) is 2.81. The molecule has 0 saturated heterocycles. The van der Waals surface area contributed by atoms with Crippen LogP contribution in [0.1, 0.15) is 45.1 Å². The molecule has 0 amide bonds. The van der Waals surface area contributed by atoms with Gasteiger partial charge in [-0.3, -0.25) is 4.79 Å². The van der Waals surface area contributed by atoms with Crippen LogP contribution in [0.15, 0.2) is 36.4 Å². The first-order valence-electron chi connectivity index (χ1n) is 6.96. The van der Waals surface area contributed by atoms with Crippen molar-refractivity contribution in [1.29, 1.82) is 0 Å². The second kappa shape index (κ2) is 4.75. The summed E-state index contributed by atoms with van der Waals surface area (Å²) < 4.78 is 0. The molecule has 1 aliphatic rings. The Kier molecular flexibility index (Phi) is 3.06. The first-order chi connectivity index (χ1) is 9.52. The normalized spacial score (nSPS) is 13.1. The number of hydrogen-bond donors (Lipinski definition) is 0. The van der Waals surface area contributed by atoms with E-state index in [9.17, 15) is 4.79 Å². The molecule has 1 heteroatoms. The molecule has 0 atom stereocenters. The fraction of sp³-hybridized carbons (Fsp3) is 0.211. The molecule has 0 N–H and O–H groups in total. The zero-order valence-corrected chi connectivity index (χ0v) is 12.2. The monoisotopic (exact) mass is 262 g/mol. The van der Waals surface area contributed by atoms with Crippen LogP contribution < -0.4 is 0 Å². The lowest BCUT2D eigenvalue weighted by Crippen LogP contribution is -1.96. The van der Waals surface area contributed by atoms with E-state index >= 15 is 0 Å². The fourth-order valence-corrected chi connectivity index (χ4v) is 2.81. The Morgan fingerprint density at radius 2 is 1.80 bits per heavy atom. The summed E-state index contributed by atoms with van der Waals surface area (Å²) in [5.74, 6) is 0.127. The summed E-state index contributed by atoms with van der Waals surface area (Å²) in [5, 5.41) is 0. The third-order valence-electron chi connectivity index (χ3n) is 3.87. The SMILES string of the molecule is CC(=O)c1cc(C)cc(C2=Cc3cc(C)ccc3C2)c1. The largest absolute Gasteiger partial charge is 0.295 e. The highest BCUT2D eigenvalue weighted by Gasteiger charge is 2.15. The van der Waals surface area contributed by atoms with Gasteiger partial charge in [-0.1, -0.05) is 35.9 Å². The Hall–Kier alpha value is -2.15. The number of benzene rings is 2. The van der Waals surface area contributed by atoms with Crippen molar-refractivity contribution in [1.82, 2.24) is 0 Å². The average molecular weight is 262 g/mol. The Morgan fingerprint density at radius 1 is 1.00 bits per heavy atom. The lowest BCUT2D eigenvalue weighted by molar-refractivity contribution is 0.101. The quantitative estimate of drug-likeness (QED) is 0.723. The molecule has 20 heavy (non-hydrogen) atoms. The molecule has 0 heterocycles. The Bertz CT molecular complexity index is 735. The Labute approximate surface area is 120 Å². The topological polar surface area (TPSA) is 17.1 Å². The van der Waals surface area contributed by atoms with Gasteiger partial charge >= 0.3 is 0 Å². The van der Waals surface area contributed by atoms with Crippen LogP contribution in [0.3, 0.4) is 0 Å². The number of carbonyl (C=O) groups excluding carboxylic acids is 1. The molecular weight excluding hydrogens is 244 g/mol. The van der Waals surface area contributed by atoms with E-state index in [1.54, 1.807) is 6.92 Å². The Balaban J connectivity index is 2.04. The number of ketones is 1. The molecule has 0 bridgehead atoms. The van der Waals surface area contributed by atoms with Gasteiger partial charge in [0.2, 0.25) is 0 Å². The van der Waals surface area contributed by atoms with Gasteiger partial charge in [0.15, 0.2) is 5.78 Å². The van der Waals surface area contributed by atoms with Crippen LogP contribution in [-0.2, 0) is 6.42 Å². The maximum absolute atomic E-state index is 11.6. The number of rotatable bonds is 2. The van der Waals surface area contributed by atoms with Crippen molar-refractivity contribution in [3.05, 3.63) is 69.8 Å². The minimum absolute atomic E-state index is 0.127. The molecule has 0 radical (unpaired) electrons. The van der Waals surface area contributed by atoms with Gasteiger partial charge in [-0.2, -0.15) is 0 Å². The molecule has 0 aromatic heterocycles. The molecule has 0 aliphatic heterocycles. The molecule has 0 unspecified atom stereocenters. The number of Topliss-reactive ketones (excluding diaryl/α,β-unsaturated/α-hetero) is 1. The number of fused-ring (bicyclic) bond motifs is 1. The number of hydrogen-bond acceptors (Lipinski definition) is 1. The molecule has 2 aromatic carbocycles. The summed E-state index contributed by atoms with van der Waals surface area (Å²) in [7, 11) is 0. The van der Waals surface area contributed by atoms with E-state index < -0.39 is 0 Å². The van der Waals surface area contributed by atoms with Crippen LogP contribution in [-0.4, -0.2) is 5.78 Å². The van der Waals surface area contributed by atoms with E-state index in [1.807, 2.05) is 19.1 Å². The standard InChI is InChI=1S/C19H18O/c1-12-4-5-15-9-19(11-17(15)6-12)18-8-13(2)7-16(10-18)14(3)20/h4-8,10-11H,9H2,1-3H3. The van der Waals surface area contributed by atoms with Crippen LogP contribution in [0.5, 0.6) is 0 Å². The highest BCUT2D eigenvalue weighted by atomic mass is 16.1. The van der Waals surface area contributed by atoms with Crippen LogP contribution in [0.25, 0.3) is 11.6 Å². The van der Waals surface area contributed by atoms with Gasteiger partial charge in [0, 0.05) is 5.56 Å². The van der Waals surface area contributed by atoms with Gasteiger partial charge in [-0.15, -0.1) is 0 Å². The van der Waals surface area contributed by atoms with Crippen LogP contribution >= 0.6 is 0 Å². The van der Waals surface area contributed by atoms with Crippen LogP contribution in [0.4, 0.5) is 0 Å². The summed E-state index contributed by atoms with van der Waals surface area (Å²) >= 11 is 0. The molecule has 0 spiro atoms. The van der Waals surface area contributed by atoms with Gasteiger partial charge in [-0.25, -0.2) is 0 Å². The van der Waals surface area contributed by atoms with E-state index in [1.165, 1.54) is 27.8 Å². The Morgan fingerprint density at radius 3 is 2.55 bits per heavy atom. The van der Waals surface area contributed by atoms with Gasteiger partial charge in [0.05, 0.1) is 0 Å². The van der Waals surface area contributed by atoms with Gasteiger partial charge in [0.25, 0.3) is 0 Å². The van der Waals surface area contributed by atoms with Gasteiger partial charge in [0.1, 0.15) is 0 Å². The van der Waals surface area contributed by atoms with Crippen molar-refractivity contribution >= 4 is 17.4 Å². The predicted octanol–water partition coefficient (Wildman–Crippen LogP) is 4.60. The van der Waals surface area contributed by atoms with E-state index in [0.29, 0.717) is 0 Å². The zero-order chi connectivity index (χ0) is 14.3. The zero-order valence-electron chi connectivity index (χ0n) is 12.2. The van der Waals surface area contributed by atoms with Gasteiger partial charge in [-0.05, 0) is 67.2 Å². The maximum Gasteiger partial charge on any atom is 0.159 e. The molecular formula is C19H18O. The highest BCUT2D eigenvalue weighted by molar-refractivity contribution is 5.96. The maximum atomic E-state index is 11.6. The molecule has 3 rings (SSSR count). The molecule has 2 aromatic rings. The van der Waals surface area contributed by atoms with Crippen molar-refractivity contribution in [2.75, 3.05) is 0 Å². The van der Waals surface area contributed by atoms with Crippen LogP contribution in [0.2, 0.25) is 0 Å². The summed E-state index contributed by atoms with van der Waals surface area (Å²) in [6.45, 7) is 5.79. The van der Waals surface area contributed by atoms with Crippen molar-refractivity contribution in [2.24, 2.45) is 0 Å². The third-order valence-corrected chi connectivity index (χ3v) is 3.87. The molecule has 1 aliphatic carbocycles. The summed E-state index contributed by atoms with van der Waals surface area (Å²) in [6, 6.07) is 12.7. The van der Waals surface area contributed by atoms with Crippen molar-refractivity contribution < 1.29 is 4.79 Å². The molecule has 1 nitrogen and oxygen atoms in total. The van der Waals surface area contributed by atoms with E-state index in [4.69, 9.17) is 0 Å². The van der Waals surface area contributed by atoms with Crippen molar-refractivity contribution in [3.63, 3.8) is 0 Å². The molecule has 0 saturated carbocycles. The lowest BCUT2D eigenvalue weighted by Gasteiger charge is -2.07. The van der Waals surface area contributed by atoms with E-state index in [2.05, 4.69) is 37.3 Å². The second-order valence-corrected chi connectivity index (χ2v) is 5.69. The minimum atomic E-state index is 0.127. The van der Waals surface area contributed by atoms with E-state index in [0.717, 1.165) is 17.5 Å². The summed E-state index contributed by atoms with van der Waals surface area (Å²) in [5.41, 5.74) is 8.38. The highest BCUT2D eigenvalue weighted by Crippen LogP contribution is 2.32. The third kappa shape index (κ3) is 2.32. The summed E-state index contributed by atoms with van der Waals surface area (Å²) in [4.78, 5) is 11.6. The molecule has 100 valence electrons. The minimum Gasteiger partial charge on any atom is -0.295 e. The smallest absolute Gasteiger partial charge is 0.159 e. The first-order valence-corrected chi connectivity index (χ1v) is 6.96. The van der Waals surface area contributed by atoms with Crippen molar-refractivity contribution in [3.8, 4) is 0 Å². The van der Waals surface area contributed by atoms with E-state index in [-0.39, 0.29) is 5.78 Å². The number of aryl methyl sites for hydroxylation is 2. The first kappa shape index (κ1) is 12.9. The van der Waals surface area contributed by atoms with Crippen LogP contribution in [0, 0.1) is 13.8 Å². The number of carbonyl (C=O) groups is 1. The summed E-state index contributed by atoms with van der Waals surface area (Å²) in [6.07, 6.45) is 3.21.